The minimum atomic E-state index is -0.823. The molecule has 4 aromatic rings. The third-order valence-electron chi connectivity index (χ3n) is 8.50. The van der Waals surface area contributed by atoms with E-state index in [1.807, 2.05) is 93.4 Å². The van der Waals surface area contributed by atoms with E-state index in [0.717, 1.165) is 34.9 Å². The van der Waals surface area contributed by atoms with Crippen LogP contribution in [0.4, 0.5) is 15.3 Å². The highest BCUT2D eigenvalue weighted by Crippen LogP contribution is 2.30. The first-order valence-corrected chi connectivity index (χ1v) is 16.1. The van der Waals surface area contributed by atoms with Crippen molar-refractivity contribution < 1.29 is 19.1 Å². The average molecular weight is 624 g/mol. The molecule has 1 aliphatic heterocycles. The van der Waals surface area contributed by atoms with Crippen molar-refractivity contribution in [3.05, 3.63) is 102 Å². The minimum Gasteiger partial charge on any atom is -0.444 e. The number of urea groups is 1. The molecule has 1 fully saturated rings. The maximum absolute atomic E-state index is 14.0. The summed E-state index contributed by atoms with van der Waals surface area (Å²) >= 11 is 0. The van der Waals surface area contributed by atoms with Gasteiger partial charge in [-0.2, -0.15) is 0 Å². The molecule has 0 aliphatic carbocycles. The van der Waals surface area contributed by atoms with E-state index in [0.29, 0.717) is 37.7 Å². The summed E-state index contributed by atoms with van der Waals surface area (Å²) in [4.78, 5) is 44.8. The molecular weight excluding hydrogens is 578 g/mol. The number of anilines is 1. The highest BCUT2D eigenvalue weighted by atomic mass is 16.6. The smallest absolute Gasteiger partial charge is 0.407 e. The number of aromatic amines is 1. The standard InChI is InChI=1S/C37H45N5O4/c1-25(31-24-39-32-16-9-8-15-30(31)32)33(41-35(44)42-21-18-28(19-22-42)27-12-6-5-7-13-27)34(43)40-29-14-10-11-26(23-29)17-20-38-36(45)46-37(2,3)4/h5-16,23-25,28,33,39H,17-22H2,1-4H3,(H,38,45)(H,40,43)(H,41,44)/t25-,33+/m0/s1. The summed E-state index contributed by atoms with van der Waals surface area (Å²) in [5, 5.41) is 9.93. The van der Waals surface area contributed by atoms with Gasteiger partial charge in [0.05, 0.1) is 0 Å². The van der Waals surface area contributed by atoms with Crippen LogP contribution in [0.1, 0.15) is 69.1 Å². The lowest BCUT2D eigenvalue weighted by molar-refractivity contribution is -0.118. The molecule has 0 spiro atoms. The van der Waals surface area contributed by atoms with E-state index >= 15 is 0 Å². The van der Waals surface area contributed by atoms with Crippen LogP contribution in [0.15, 0.2) is 85.1 Å². The Morgan fingerprint density at radius 2 is 1.67 bits per heavy atom. The second-order valence-corrected chi connectivity index (χ2v) is 13.0. The Morgan fingerprint density at radius 1 is 0.957 bits per heavy atom. The van der Waals surface area contributed by atoms with Gasteiger partial charge in [-0.05, 0) is 80.8 Å². The molecule has 0 radical (unpaired) electrons. The zero-order valence-corrected chi connectivity index (χ0v) is 27.1. The zero-order valence-electron chi connectivity index (χ0n) is 27.1. The number of rotatable bonds is 9. The van der Waals surface area contributed by atoms with Gasteiger partial charge in [-0.3, -0.25) is 4.79 Å². The van der Waals surface area contributed by atoms with Crippen molar-refractivity contribution in [2.45, 2.75) is 70.4 Å². The number of fused-ring (bicyclic) bond motifs is 1. The van der Waals surface area contributed by atoms with Crippen LogP contribution < -0.4 is 16.0 Å². The number of H-pyrrole nitrogens is 1. The van der Waals surface area contributed by atoms with Crippen LogP contribution in [0.2, 0.25) is 0 Å². The number of hydrogen-bond acceptors (Lipinski definition) is 4. The van der Waals surface area contributed by atoms with Gasteiger partial charge in [0.15, 0.2) is 0 Å². The van der Waals surface area contributed by atoms with Crippen LogP contribution in [0.25, 0.3) is 10.9 Å². The SMILES string of the molecule is C[C@@H](c1c[nH]c2ccccc12)[C@@H](NC(=O)N1CCC(c2ccccc2)CC1)C(=O)Nc1cccc(CCNC(=O)OC(C)(C)C)c1. The molecule has 0 unspecified atom stereocenters. The molecule has 1 saturated heterocycles. The fraction of sp³-hybridized carbons (Fsp3) is 0.378. The highest BCUT2D eigenvalue weighted by molar-refractivity contribution is 5.98. The summed E-state index contributed by atoms with van der Waals surface area (Å²) in [5.41, 5.74) is 4.24. The zero-order chi connectivity index (χ0) is 32.7. The van der Waals surface area contributed by atoms with Crippen LogP contribution in [-0.2, 0) is 16.0 Å². The summed E-state index contributed by atoms with van der Waals surface area (Å²) < 4.78 is 5.31. The Morgan fingerprint density at radius 3 is 2.41 bits per heavy atom. The molecule has 9 nitrogen and oxygen atoms in total. The van der Waals surface area contributed by atoms with E-state index < -0.39 is 17.7 Å². The molecular formula is C37H45N5O4. The third-order valence-corrected chi connectivity index (χ3v) is 8.50. The van der Waals surface area contributed by atoms with Gasteiger partial charge in [0, 0.05) is 48.3 Å². The molecule has 4 amide bonds. The number of nitrogens with one attached hydrogen (secondary N) is 4. The molecule has 46 heavy (non-hydrogen) atoms. The van der Waals surface area contributed by atoms with Crippen molar-refractivity contribution in [3.63, 3.8) is 0 Å². The number of carbonyl (C=O) groups excluding carboxylic acids is 3. The Labute approximate surface area is 271 Å². The van der Waals surface area contributed by atoms with Crippen molar-refractivity contribution in [1.29, 1.82) is 0 Å². The van der Waals surface area contributed by atoms with Gasteiger partial charge in [-0.25, -0.2) is 9.59 Å². The number of amides is 4. The number of aromatic nitrogens is 1. The van der Waals surface area contributed by atoms with Gasteiger partial charge in [0.1, 0.15) is 11.6 Å². The Kier molecular flexibility index (Phi) is 10.3. The lowest BCUT2D eigenvalue weighted by atomic mass is 9.89. The number of ether oxygens (including phenoxy) is 1. The van der Waals surface area contributed by atoms with E-state index in [-0.39, 0.29) is 17.9 Å². The summed E-state index contributed by atoms with van der Waals surface area (Å²) in [6.45, 7) is 9.08. The number of para-hydroxylation sites is 1. The Bertz CT molecular complexity index is 1640. The monoisotopic (exact) mass is 623 g/mol. The maximum atomic E-state index is 14.0. The lowest BCUT2D eigenvalue weighted by Crippen LogP contribution is -2.53. The first kappa shape index (κ1) is 32.6. The fourth-order valence-corrected chi connectivity index (χ4v) is 6.08. The van der Waals surface area contributed by atoms with Gasteiger partial charge >= 0.3 is 12.1 Å². The van der Waals surface area contributed by atoms with Crippen molar-refractivity contribution in [2.24, 2.45) is 0 Å². The van der Waals surface area contributed by atoms with E-state index in [9.17, 15) is 14.4 Å². The largest absolute Gasteiger partial charge is 0.444 e. The second-order valence-electron chi connectivity index (χ2n) is 13.0. The number of piperidine rings is 1. The molecule has 1 aliphatic rings. The minimum absolute atomic E-state index is 0.236. The van der Waals surface area contributed by atoms with Crippen molar-refractivity contribution in [1.82, 2.24) is 20.5 Å². The van der Waals surface area contributed by atoms with E-state index in [4.69, 9.17) is 4.74 Å². The van der Waals surface area contributed by atoms with E-state index in [1.54, 1.807) is 0 Å². The number of likely N-dealkylation sites (tertiary alicyclic amines) is 1. The van der Waals surface area contributed by atoms with Crippen LogP contribution in [0, 0.1) is 0 Å². The van der Waals surface area contributed by atoms with Crippen molar-refractivity contribution in [2.75, 3.05) is 25.0 Å². The molecule has 2 heterocycles. The summed E-state index contributed by atoms with van der Waals surface area (Å²) in [7, 11) is 0. The topological polar surface area (TPSA) is 116 Å². The normalized spacial score (nSPS) is 15.2. The Hall–Kier alpha value is -4.79. The summed E-state index contributed by atoms with van der Waals surface area (Å²) in [6.07, 6.45) is 3.77. The molecule has 0 bridgehead atoms. The molecule has 3 aromatic carbocycles. The number of hydrogen-bond donors (Lipinski definition) is 4. The maximum Gasteiger partial charge on any atom is 0.407 e. The second kappa shape index (κ2) is 14.5. The first-order valence-electron chi connectivity index (χ1n) is 16.1. The van der Waals surface area contributed by atoms with Crippen LogP contribution in [0.3, 0.4) is 0 Å². The lowest BCUT2D eigenvalue weighted by Gasteiger charge is -2.34. The third kappa shape index (κ3) is 8.47. The first-order chi connectivity index (χ1) is 22.1. The molecule has 4 N–H and O–H groups in total. The van der Waals surface area contributed by atoms with Gasteiger partial charge in [-0.15, -0.1) is 0 Å². The average Bonchev–Trinajstić information content (AvgIpc) is 3.47. The molecule has 2 atom stereocenters. The quantitative estimate of drug-likeness (QED) is 0.162. The fourth-order valence-electron chi connectivity index (χ4n) is 6.08. The van der Waals surface area contributed by atoms with Gasteiger partial charge in [0.25, 0.3) is 0 Å². The van der Waals surface area contributed by atoms with Crippen LogP contribution in [0.5, 0.6) is 0 Å². The summed E-state index contributed by atoms with van der Waals surface area (Å²) in [5.74, 6) is -0.196. The number of benzene rings is 3. The molecule has 9 heteroatoms. The van der Waals surface area contributed by atoms with Crippen molar-refractivity contribution in [3.8, 4) is 0 Å². The number of nitrogens with zero attached hydrogens (tertiary/aromatic N) is 1. The van der Waals surface area contributed by atoms with Crippen LogP contribution >= 0.6 is 0 Å². The molecule has 242 valence electrons. The molecule has 5 rings (SSSR count). The number of alkyl carbamates (subject to hydrolysis) is 1. The van der Waals surface area contributed by atoms with Crippen molar-refractivity contribution >= 4 is 34.6 Å². The van der Waals surface area contributed by atoms with Gasteiger partial charge < -0.3 is 30.6 Å². The predicted octanol–water partition coefficient (Wildman–Crippen LogP) is 6.94. The van der Waals surface area contributed by atoms with Gasteiger partial charge in [-0.1, -0.05) is 67.6 Å². The number of carbonyl (C=O) groups is 3. The van der Waals surface area contributed by atoms with E-state index in [2.05, 4.69) is 45.2 Å². The van der Waals surface area contributed by atoms with Crippen LogP contribution in [-0.4, -0.2) is 59.2 Å². The van der Waals surface area contributed by atoms with Gasteiger partial charge in [0.2, 0.25) is 5.91 Å². The molecule has 0 saturated carbocycles. The molecule has 1 aromatic heterocycles. The summed E-state index contributed by atoms with van der Waals surface area (Å²) in [6, 6.07) is 24.9. The van der Waals surface area contributed by atoms with E-state index in [1.165, 1.54) is 5.56 Å². The Balaban J connectivity index is 1.27. The highest BCUT2D eigenvalue weighted by Gasteiger charge is 2.32. The predicted molar refractivity (Wildman–Crippen MR) is 182 cm³/mol.